The summed E-state index contributed by atoms with van der Waals surface area (Å²) in [7, 11) is 2.69. The summed E-state index contributed by atoms with van der Waals surface area (Å²) in [4.78, 5) is 29.9. The van der Waals surface area contributed by atoms with E-state index in [4.69, 9.17) is 18.7 Å². The lowest BCUT2D eigenvalue weighted by molar-refractivity contribution is -0.132. The number of fused-ring (bicyclic) bond motifs is 1. The monoisotopic (exact) mass is 639 g/mol. The van der Waals surface area contributed by atoms with Gasteiger partial charge in [-0.05, 0) is 34.9 Å². The number of methoxy groups -OCH3 is 1. The zero-order chi connectivity index (χ0) is 31.4. The summed E-state index contributed by atoms with van der Waals surface area (Å²) < 4.78 is 17.2. The fourth-order valence-corrected chi connectivity index (χ4v) is 7.46. The third kappa shape index (κ3) is 8.38. The van der Waals surface area contributed by atoms with Crippen molar-refractivity contribution in [2.24, 2.45) is 5.16 Å². The standard InChI is InChI=1S/C36H33NO6S2/c1-40-35(39)33(37-41-2)29-16-10-9-15-27(29)21-22-42-30-19-17-28-18-20-31(38)43-34(28)32(30)36(44-23-25-11-5-3-6-12-25)45-24-26-13-7-4-8-14-26/h3-20,36H,21-24H2,1-2H3/b37-33+. The van der Waals surface area contributed by atoms with Gasteiger partial charge in [-0.2, -0.15) is 0 Å². The quantitative estimate of drug-likeness (QED) is 0.0400. The van der Waals surface area contributed by atoms with E-state index in [2.05, 4.69) is 29.4 Å². The predicted octanol–water partition coefficient (Wildman–Crippen LogP) is 7.80. The maximum Gasteiger partial charge on any atom is 0.360 e. The van der Waals surface area contributed by atoms with Crippen LogP contribution in [0.15, 0.2) is 124 Å². The van der Waals surface area contributed by atoms with Crippen molar-refractivity contribution >= 4 is 46.2 Å². The summed E-state index contributed by atoms with van der Waals surface area (Å²) in [5, 5.41) is 4.74. The van der Waals surface area contributed by atoms with Crippen LogP contribution < -0.4 is 10.4 Å². The highest BCUT2D eigenvalue weighted by Crippen LogP contribution is 2.48. The number of carbonyl (C=O) groups is 1. The first-order chi connectivity index (χ1) is 22.1. The van der Waals surface area contributed by atoms with Crippen molar-refractivity contribution < 1.29 is 23.5 Å². The summed E-state index contributed by atoms with van der Waals surface area (Å²) in [5.74, 6) is 1.58. The number of esters is 1. The highest BCUT2D eigenvalue weighted by atomic mass is 32.2. The first-order valence-electron chi connectivity index (χ1n) is 14.4. The minimum atomic E-state index is -0.592. The van der Waals surface area contributed by atoms with E-state index < -0.39 is 11.6 Å². The second-order valence-corrected chi connectivity index (χ2v) is 12.4. The van der Waals surface area contributed by atoms with Crippen LogP contribution in [0.3, 0.4) is 0 Å². The van der Waals surface area contributed by atoms with E-state index in [1.54, 1.807) is 35.7 Å². The SMILES string of the molecule is CO/N=C(/C(=O)OC)c1ccccc1CCOc1ccc2ccc(=O)oc2c1C(SCc1ccccc1)SCc1ccccc1. The van der Waals surface area contributed by atoms with E-state index in [-0.39, 0.29) is 10.3 Å². The van der Waals surface area contributed by atoms with Gasteiger partial charge in [0.2, 0.25) is 0 Å². The Hall–Kier alpha value is -4.47. The van der Waals surface area contributed by atoms with E-state index in [0.29, 0.717) is 29.9 Å². The van der Waals surface area contributed by atoms with E-state index in [9.17, 15) is 9.59 Å². The number of carbonyl (C=O) groups excluding carboxylic acids is 1. The average molecular weight is 640 g/mol. The van der Waals surface area contributed by atoms with Gasteiger partial charge in [0.05, 0.1) is 23.9 Å². The zero-order valence-electron chi connectivity index (χ0n) is 25.0. The summed E-state index contributed by atoms with van der Waals surface area (Å²) in [6.45, 7) is 0.299. The number of oxime groups is 1. The Morgan fingerprint density at radius 1 is 0.800 bits per heavy atom. The molecule has 0 saturated carbocycles. The number of thioether (sulfide) groups is 2. The Kier molecular flexibility index (Phi) is 11.4. The van der Waals surface area contributed by atoms with E-state index >= 15 is 0 Å². The molecule has 0 bridgehead atoms. The molecule has 0 N–H and O–H groups in total. The molecule has 0 aliphatic rings. The van der Waals surface area contributed by atoms with Gasteiger partial charge in [-0.25, -0.2) is 9.59 Å². The third-order valence-electron chi connectivity index (χ3n) is 6.98. The molecular formula is C36H33NO6S2. The first-order valence-corrected chi connectivity index (χ1v) is 16.5. The molecule has 0 unspecified atom stereocenters. The van der Waals surface area contributed by atoms with Gasteiger partial charge in [0.15, 0.2) is 5.71 Å². The molecule has 0 aliphatic carbocycles. The number of hydrogen-bond donors (Lipinski definition) is 0. The number of benzene rings is 4. The van der Waals surface area contributed by atoms with Crippen molar-refractivity contribution in [3.05, 3.63) is 147 Å². The van der Waals surface area contributed by atoms with Crippen LogP contribution in [0, 0.1) is 0 Å². The van der Waals surface area contributed by atoms with E-state index in [1.165, 1.54) is 31.4 Å². The molecular weight excluding hydrogens is 607 g/mol. The molecule has 0 radical (unpaired) electrons. The Labute approximate surface area is 270 Å². The lowest BCUT2D eigenvalue weighted by atomic mass is 10.0. The van der Waals surface area contributed by atoms with Crippen molar-refractivity contribution in [1.82, 2.24) is 0 Å². The largest absolute Gasteiger partial charge is 0.493 e. The van der Waals surface area contributed by atoms with Crippen LogP contribution in [-0.4, -0.2) is 32.5 Å². The van der Waals surface area contributed by atoms with E-state index in [0.717, 1.165) is 28.0 Å². The van der Waals surface area contributed by atoms with Crippen LogP contribution >= 0.6 is 23.5 Å². The number of rotatable bonds is 14. The smallest absolute Gasteiger partial charge is 0.360 e. The molecule has 230 valence electrons. The first kappa shape index (κ1) is 31.9. The molecule has 4 aromatic carbocycles. The number of nitrogens with zero attached hydrogens (tertiary/aromatic N) is 1. The minimum Gasteiger partial charge on any atom is -0.493 e. The molecule has 7 nitrogen and oxygen atoms in total. The van der Waals surface area contributed by atoms with Crippen LogP contribution in [0.5, 0.6) is 5.75 Å². The second kappa shape index (κ2) is 16.0. The van der Waals surface area contributed by atoms with Crippen LogP contribution in [-0.2, 0) is 32.3 Å². The Balaban J connectivity index is 1.47. The van der Waals surface area contributed by atoms with Crippen LogP contribution in [0.4, 0.5) is 0 Å². The summed E-state index contributed by atoms with van der Waals surface area (Å²) >= 11 is 3.54. The highest BCUT2D eigenvalue weighted by molar-refractivity contribution is 8.15. The molecule has 0 amide bonds. The molecule has 9 heteroatoms. The molecule has 0 spiro atoms. The molecule has 5 rings (SSSR count). The van der Waals surface area contributed by atoms with Gasteiger partial charge >= 0.3 is 11.6 Å². The summed E-state index contributed by atoms with van der Waals surface area (Å²) in [6, 6.07) is 35.1. The van der Waals surface area contributed by atoms with Crippen molar-refractivity contribution in [3.8, 4) is 5.75 Å². The fourth-order valence-electron chi connectivity index (χ4n) is 4.82. The Morgan fingerprint density at radius 3 is 2.07 bits per heavy atom. The van der Waals surface area contributed by atoms with Gasteiger partial charge in [-0.15, -0.1) is 23.5 Å². The molecule has 1 heterocycles. The van der Waals surface area contributed by atoms with Crippen LogP contribution in [0.1, 0.15) is 32.4 Å². The lowest BCUT2D eigenvalue weighted by Gasteiger charge is -2.22. The third-order valence-corrected chi connectivity index (χ3v) is 9.87. The topological polar surface area (TPSA) is 87.3 Å². The van der Waals surface area contributed by atoms with Gasteiger partial charge in [-0.1, -0.05) is 90.1 Å². The van der Waals surface area contributed by atoms with E-state index in [1.807, 2.05) is 66.7 Å². The molecule has 0 atom stereocenters. The lowest BCUT2D eigenvalue weighted by Crippen LogP contribution is -2.20. The normalized spacial score (nSPS) is 11.5. The maximum absolute atomic E-state index is 12.5. The Morgan fingerprint density at radius 2 is 1.42 bits per heavy atom. The Bertz CT molecular complexity index is 1760. The molecule has 0 aliphatic heterocycles. The van der Waals surface area contributed by atoms with Crippen molar-refractivity contribution in [2.45, 2.75) is 22.5 Å². The predicted molar refractivity (Wildman–Crippen MR) is 182 cm³/mol. The molecule has 0 fully saturated rings. The number of ether oxygens (including phenoxy) is 2. The zero-order valence-corrected chi connectivity index (χ0v) is 26.6. The highest BCUT2D eigenvalue weighted by Gasteiger charge is 2.24. The second-order valence-electron chi connectivity index (χ2n) is 9.94. The number of hydrogen-bond acceptors (Lipinski definition) is 9. The summed E-state index contributed by atoms with van der Waals surface area (Å²) in [5.41, 5.74) is 4.87. The summed E-state index contributed by atoms with van der Waals surface area (Å²) in [6.07, 6.45) is 0.477. The van der Waals surface area contributed by atoms with Crippen LogP contribution in [0.25, 0.3) is 11.0 Å². The van der Waals surface area contributed by atoms with Gasteiger partial charge in [0.1, 0.15) is 18.4 Å². The van der Waals surface area contributed by atoms with Gasteiger partial charge < -0.3 is 18.7 Å². The molecule has 0 saturated heterocycles. The minimum absolute atomic E-state index is 0.0819. The van der Waals surface area contributed by atoms with Crippen molar-refractivity contribution in [1.29, 1.82) is 0 Å². The maximum atomic E-state index is 12.5. The van der Waals surface area contributed by atoms with Gasteiger partial charge in [0.25, 0.3) is 0 Å². The molecule has 5 aromatic rings. The van der Waals surface area contributed by atoms with Gasteiger partial charge in [0, 0.05) is 34.9 Å². The van der Waals surface area contributed by atoms with Gasteiger partial charge in [-0.3, -0.25) is 0 Å². The molecule has 1 aromatic heterocycles. The van der Waals surface area contributed by atoms with Crippen LogP contribution in [0.2, 0.25) is 0 Å². The van der Waals surface area contributed by atoms with Crippen molar-refractivity contribution in [2.75, 3.05) is 20.8 Å². The van der Waals surface area contributed by atoms with Crippen molar-refractivity contribution in [3.63, 3.8) is 0 Å². The molecule has 45 heavy (non-hydrogen) atoms. The average Bonchev–Trinajstić information content (AvgIpc) is 3.08. The fraction of sp³-hybridized carbons (Fsp3) is 0.194.